The Kier molecular flexibility index (Phi) is 8.70. The zero-order chi connectivity index (χ0) is 21.6. The predicted octanol–water partition coefficient (Wildman–Crippen LogP) is 9.58. The molecule has 0 saturated carbocycles. The monoisotopic (exact) mass is 438 g/mol. The van der Waals surface area contributed by atoms with E-state index in [0.29, 0.717) is 0 Å². The maximum atomic E-state index is 3.96. The molecule has 0 spiro atoms. The van der Waals surface area contributed by atoms with Crippen molar-refractivity contribution >= 4 is 44.4 Å². The number of allylic oxidation sites excluding steroid dienone is 4. The number of rotatable bonds is 2. The zero-order valence-electron chi connectivity index (χ0n) is 18.8. The second kappa shape index (κ2) is 10.1. The average Bonchev–Trinajstić information content (AvgIpc) is 2.94. The van der Waals surface area contributed by atoms with Crippen molar-refractivity contribution in [1.82, 2.24) is 0 Å². The summed E-state index contributed by atoms with van der Waals surface area (Å²) in [7, 11) is 0. The van der Waals surface area contributed by atoms with Gasteiger partial charge < -0.3 is 0 Å². The van der Waals surface area contributed by atoms with Crippen molar-refractivity contribution < 1.29 is 0 Å². The fourth-order valence-corrected chi connectivity index (χ4v) is 4.75. The third kappa shape index (κ3) is 3.82. The molecular weight excluding hydrogens is 404 g/mol. The van der Waals surface area contributed by atoms with Gasteiger partial charge in [0.2, 0.25) is 0 Å². The van der Waals surface area contributed by atoms with Crippen LogP contribution in [0.2, 0.25) is 0 Å². The maximum absolute atomic E-state index is 3.96. The molecule has 2 aromatic rings. The van der Waals surface area contributed by atoms with Crippen LogP contribution in [0, 0.1) is 0 Å². The molecule has 150 valence electrons. The van der Waals surface area contributed by atoms with Crippen LogP contribution in [0.5, 0.6) is 0 Å². The fraction of sp³-hybridized carbons (Fsp3) is 0.333. The van der Waals surface area contributed by atoms with Crippen LogP contribution < -0.4 is 0 Å². The Morgan fingerprint density at radius 3 is 1.96 bits per heavy atom. The van der Waals surface area contributed by atoms with E-state index in [1.165, 1.54) is 33.0 Å². The highest BCUT2D eigenvalue weighted by molar-refractivity contribution is 9.10. The number of hydrogen-bond acceptors (Lipinski definition) is 0. The molecule has 0 fully saturated rings. The van der Waals surface area contributed by atoms with Gasteiger partial charge in [-0.25, -0.2) is 0 Å². The Balaban J connectivity index is 0.000000921. The molecule has 0 unspecified atom stereocenters. The Hall–Kier alpha value is -1.86. The third-order valence-corrected chi connectivity index (χ3v) is 6.07. The maximum Gasteiger partial charge on any atom is 0.0332 e. The van der Waals surface area contributed by atoms with Gasteiger partial charge in [-0.15, -0.1) is 0 Å². The lowest BCUT2D eigenvalue weighted by Crippen LogP contribution is -2.15. The second-order valence-electron chi connectivity index (χ2n) is 6.75. The van der Waals surface area contributed by atoms with Gasteiger partial charge in [0.15, 0.2) is 0 Å². The quantitative estimate of drug-likeness (QED) is 0.437. The van der Waals surface area contributed by atoms with Crippen molar-refractivity contribution in [1.29, 1.82) is 0 Å². The van der Waals surface area contributed by atoms with Crippen LogP contribution in [0.15, 0.2) is 53.6 Å². The van der Waals surface area contributed by atoms with Crippen LogP contribution in [-0.4, -0.2) is 0 Å². The fourth-order valence-electron chi connectivity index (χ4n) is 4.01. The summed E-state index contributed by atoms with van der Waals surface area (Å²) in [5.41, 5.74) is 7.71. The molecule has 1 heteroatoms. The molecule has 1 aliphatic carbocycles. The number of fused-ring (bicyclic) bond motifs is 2. The molecule has 0 amide bonds. The van der Waals surface area contributed by atoms with E-state index in [-0.39, 0.29) is 5.41 Å². The van der Waals surface area contributed by atoms with Gasteiger partial charge in [-0.3, -0.25) is 0 Å². The van der Waals surface area contributed by atoms with Gasteiger partial charge in [-0.05, 0) is 92.1 Å². The van der Waals surface area contributed by atoms with Crippen molar-refractivity contribution in [3.63, 3.8) is 0 Å². The highest BCUT2D eigenvalue weighted by atomic mass is 79.9. The van der Waals surface area contributed by atoms with Gasteiger partial charge in [-0.1, -0.05) is 79.0 Å². The number of benzene rings is 2. The molecule has 0 nitrogen and oxygen atoms in total. The molecule has 0 aromatic heterocycles. The van der Waals surface area contributed by atoms with Crippen LogP contribution in [0.3, 0.4) is 0 Å². The largest absolute Gasteiger partial charge is 0.0984 e. The first-order chi connectivity index (χ1) is 13.4. The highest BCUT2D eigenvalue weighted by Gasteiger charge is 2.37. The van der Waals surface area contributed by atoms with Gasteiger partial charge in [-0.2, -0.15) is 0 Å². The van der Waals surface area contributed by atoms with Crippen LogP contribution in [0.1, 0.15) is 77.6 Å². The van der Waals surface area contributed by atoms with Gasteiger partial charge in [0.05, 0.1) is 0 Å². The summed E-state index contributed by atoms with van der Waals surface area (Å²) in [6, 6.07) is 6.87. The summed E-state index contributed by atoms with van der Waals surface area (Å²) in [6.45, 7) is 24.8. The third-order valence-electron chi connectivity index (χ3n) is 5.21. The first-order valence-electron chi connectivity index (χ1n) is 10.3. The Labute approximate surface area is 180 Å². The number of halogens is 1. The van der Waals surface area contributed by atoms with E-state index in [1.807, 2.05) is 39.8 Å². The van der Waals surface area contributed by atoms with Crippen molar-refractivity contribution in [3.8, 4) is 0 Å². The molecule has 0 heterocycles. The average molecular weight is 439 g/mol. The lowest BCUT2D eigenvalue weighted by atomic mass is 9.81. The summed E-state index contributed by atoms with van der Waals surface area (Å²) >= 11 is 3.80. The van der Waals surface area contributed by atoms with Gasteiger partial charge in [0.1, 0.15) is 0 Å². The summed E-state index contributed by atoms with van der Waals surface area (Å²) in [5.74, 6) is 0. The number of hydrogen-bond donors (Lipinski definition) is 0. The highest BCUT2D eigenvalue weighted by Crippen LogP contribution is 2.51. The molecule has 0 atom stereocenters. The Morgan fingerprint density at radius 1 is 0.893 bits per heavy atom. The van der Waals surface area contributed by atoms with E-state index < -0.39 is 0 Å². The zero-order valence-corrected chi connectivity index (χ0v) is 20.4. The van der Waals surface area contributed by atoms with Crippen molar-refractivity contribution in [2.45, 2.75) is 60.8 Å². The van der Waals surface area contributed by atoms with E-state index in [9.17, 15) is 0 Å². The molecule has 2 aromatic carbocycles. The minimum absolute atomic E-state index is 0.0189. The van der Waals surface area contributed by atoms with E-state index in [2.05, 4.69) is 87.1 Å². The van der Waals surface area contributed by atoms with Crippen molar-refractivity contribution in [3.05, 3.63) is 75.8 Å². The normalized spacial score (nSPS) is 16.8. The van der Waals surface area contributed by atoms with E-state index in [0.717, 1.165) is 15.6 Å². The van der Waals surface area contributed by atoms with Gasteiger partial charge >= 0.3 is 0 Å². The molecule has 28 heavy (non-hydrogen) atoms. The SMILES string of the molecule is C=Cc1cc2cc3c(cc2c(Br)c1C=C)C(C)(C)C(=C/C)/C3=C\C.CC.CC. The summed E-state index contributed by atoms with van der Waals surface area (Å²) in [4.78, 5) is 0. The standard InChI is InChI=1S/C23H23Br.2C2H6/c1-7-14-11-15-12-19-17(9-3)20(10-4)23(5,6)21(19)13-18(15)22(24)16(14)8-2;2*1-2/h7-13H,1-2H2,3-6H3;2*1-2H3/b17-9-,20-10+;;. The van der Waals surface area contributed by atoms with Crippen LogP contribution in [0.4, 0.5) is 0 Å². The molecule has 0 radical (unpaired) electrons. The molecule has 1 aliphatic rings. The van der Waals surface area contributed by atoms with E-state index >= 15 is 0 Å². The van der Waals surface area contributed by atoms with E-state index in [1.54, 1.807) is 0 Å². The van der Waals surface area contributed by atoms with E-state index in [4.69, 9.17) is 0 Å². The first-order valence-corrected chi connectivity index (χ1v) is 11.1. The second-order valence-corrected chi connectivity index (χ2v) is 7.54. The molecule has 0 aliphatic heterocycles. The van der Waals surface area contributed by atoms with Crippen LogP contribution in [-0.2, 0) is 5.41 Å². The van der Waals surface area contributed by atoms with Gasteiger partial charge in [0.25, 0.3) is 0 Å². The predicted molar refractivity (Wildman–Crippen MR) is 135 cm³/mol. The summed E-state index contributed by atoms with van der Waals surface area (Å²) in [5, 5.41) is 2.46. The Morgan fingerprint density at radius 2 is 1.50 bits per heavy atom. The molecule has 3 rings (SSSR count). The molecule has 0 bridgehead atoms. The summed E-state index contributed by atoms with van der Waals surface area (Å²) in [6.07, 6.45) is 8.27. The summed E-state index contributed by atoms with van der Waals surface area (Å²) < 4.78 is 1.10. The van der Waals surface area contributed by atoms with Crippen LogP contribution >= 0.6 is 15.9 Å². The topological polar surface area (TPSA) is 0 Å². The van der Waals surface area contributed by atoms with Gasteiger partial charge in [0, 0.05) is 9.89 Å². The lowest BCUT2D eigenvalue weighted by Gasteiger charge is -2.22. The van der Waals surface area contributed by atoms with Crippen molar-refractivity contribution in [2.75, 3.05) is 0 Å². The minimum atomic E-state index is 0.0189. The first kappa shape index (κ1) is 24.2. The lowest BCUT2D eigenvalue weighted by molar-refractivity contribution is 0.660. The molecule has 0 saturated heterocycles. The minimum Gasteiger partial charge on any atom is -0.0984 e. The smallest absolute Gasteiger partial charge is 0.0332 e. The Bertz CT molecular complexity index is 937. The van der Waals surface area contributed by atoms with Crippen molar-refractivity contribution in [2.24, 2.45) is 0 Å². The molecule has 0 N–H and O–H groups in total. The van der Waals surface area contributed by atoms with Crippen LogP contribution in [0.25, 0.3) is 28.5 Å². The molecular formula is C27H35Br.